The Bertz CT molecular complexity index is 44.7. The molecule has 0 heterocycles. The number of unbranched alkanes of at least 4 members (excludes halogenated alkanes) is 6. The van der Waals surface area contributed by atoms with E-state index in [4.69, 9.17) is 0 Å². The van der Waals surface area contributed by atoms with Crippen molar-refractivity contribution in [3.8, 4) is 0 Å². The van der Waals surface area contributed by atoms with Gasteiger partial charge in [-0.1, -0.05) is 51.9 Å². The number of hydrogen-bond acceptors (Lipinski definition) is 0. The summed E-state index contributed by atoms with van der Waals surface area (Å²) in [6, 6.07) is 0. The molecule has 2 radical (unpaired) electrons. The fourth-order valence-electron chi connectivity index (χ4n) is 1.10. The highest BCUT2D eigenvalue weighted by Gasteiger charge is 1.87. The first-order valence-corrected chi connectivity index (χ1v) is 5.43. The van der Waals surface area contributed by atoms with E-state index in [-0.39, 0.29) is 0 Å². The van der Waals surface area contributed by atoms with Crippen molar-refractivity contribution in [2.24, 2.45) is 0 Å². The van der Waals surface area contributed by atoms with Crippen LogP contribution in [0.2, 0.25) is 5.28 Å². The summed E-state index contributed by atoms with van der Waals surface area (Å²) in [5.41, 5.74) is 0. The van der Waals surface area contributed by atoms with Gasteiger partial charge in [-0.15, -0.1) is 5.28 Å². The van der Waals surface area contributed by atoms with E-state index in [1.165, 1.54) is 50.2 Å². The van der Waals surface area contributed by atoms with Gasteiger partial charge in [-0.2, -0.15) is 0 Å². The van der Waals surface area contributed by atoms with Crippen molar-refractivity contribution >= 4 is 16.3 Å². The monoisotopic (exact) mass is 154 g/mol. The third-order valence-corrected chi connectivity index (χ3v) is 2.22. The van der Waals surface area contributed by atoms with E-state index in [1.807, 2.05) is 0 Å². The first-order valence-electron chi connectivity index (χ1n) is 4.62. The van der Waals surface area contributed by atoms with Crippen molar-refractivity contribution in [1.29, 1.82) is 0 Å². The molecular weight excluding hydrogens is 135 g/mol. The highest BCUT2D eigenvalue weighted by atomic mass is 27.0. The van der Waals surface area contributed by atoms with Crippen molar-refractivity contribution in [2.45, 2.75) is 57.2 Å². The molecule has 0 bridgehead atoms. The van der Waals surface area contributed by atoms with Crippen LogP contribution >= 0.6 is 0 Å². The Labute approximate surface area is 73.8 Å². The molecule has 0 saturated carbocycles. The van der Waals surface area contributed by atoms with E-state index >= 15 is 0 Å². The Morgan fingerprint density at radius 2 is 1.30 bits per heavy atom. The molecule has 0 fully saturated rings. The molecule has 0 aromatic carbocycles. The third-order valence-electron chi connectivity index (χ3n) is 1.81. The van der Waals surface area contributed by atoms with E-state index in [2.05, 4.69) is 23.2 Å². The minimum absolute atomic E-state index is 1.29. The molecule has 0 nitrogen and oxygen atoms in total. The molecule has 0 spiro atoms. The van der Waals surface area contributed by atoms with Crippen LogP contribution in [-0.4, -0.2) is 16.3 Å². The molecule has 0 aliphatic rings. The predicted octanol–water partition coefficient (Wildman–Crippen LogP) is 3.32. The quantitative estimate of drug-likeness (QED) is 0.390. The Balaban J connectivity index is 2.65. The SMILES string of the molecule is CCCCCCCC[CH2][Al]. The lowest BCUT2D eigenvalue weighted by molar-refractivity contribution is 0.602. The van der Waals surface area contributed by atoms with Gasteiger partial charge in [0, 0.05) is 0 Å². The van der Waals surface area contributed by atoms with Gasteiger partial charge in [-0.3, -0.25) is 0 Å². The largest absolute Gasteiger partial charge is 0.118 e. The van der Waals surface area contributed by atoms with Crippen molar-refractivity contribution in [1.82, 2.24) is 0 Å². The summed E-state index contributed by atoms with van der Waals surface area (Å²) >= 11 is 2.79. The fourth-order valence-corrected chi connectivity index (χ4v) is 1.39. The number of rotatable bonds is 7. The smallest absolute Gasteiger partial charge is 0.118 e. The Morgan fingerprint density at radius 3 is 1.80 bits per heavy atom. The lowest BCUT2D eigenvalue weighted by atomic mass is 10.1. The summed E-state index contributed by atoms with van der Waals surface area (Å²) in [4.78, 5) is 0. The van der Waals surface area contributed by atoms with Gasteiger partial charge < -0.3 is 0 Å². The van der Waals surface area contributed by atoms with Gasteiger partial charge in [0.25, 0.3) is 0 Å². The maximum absolute atomic E-state index is 2.79. The summed E-state index contributed by atoms with van der Waals surface area (Å²) < 4.78 is 0. The Kier molecular flexibility index (Phi) is 10.0. The van der Waals surface area contributed by atoms with E-state index < -0.39 is 0 Å². The minimum atomic E-state index is 1.29. The zero-order valence-electron chi connectivity index (χ0n) is 7.23. The van der Waals surface area contributed by atoms with Gasteiger partial charge in [0.05, 0.1) is 0 Å². The standard InChI is InChI=1S/C9H19.Al/c1-3-5-7-9-8-6-4-2;/h1,3-9H2,2H3;. The van der Waals surface area contributed by atoms with Crippen LogP contribution in [0.15, 0.2) is 0 Å². The van der Waals surface area contributed by atoms with Crippen LogP contribution in [0.4, 0.5) is 0 Å². The summed E-state index contributed by atoms with van der Waals surface area (Å²) in [7, 11) is 0. The second-order valence-electron chi connectivity index (χ2n) is 2.91. The average Bonchev–Trinajstić information content (AvgIpc) is 1.97. The average molecular weight is 154 g/mol. The molecule has 58 valence electrons. The van der Waals surface area contributed by atoms with Crippen LogP contribution in [-0.2, 0) is 0 Å². The van der Waals surface area contributed by atoms with Crippen molar-refractivity contribution in [3.63, 3.8) is 0 Å². The molecule has 0 aliphatic carbocycles. The Morgan fingerprint density at radius 1 is 0.800 bits per heavy atom. The molecule has 0 unspecified atom stereocenters. The van der Waals surface area contributed by atoms with Gasteiger partial charge in [0.15, 0.2) is 0 Å². The zero-order valence-corrected chi connectivity index (χ0v) is 8.39. The van der Waals surface area contributed by atoms with Crippen LogP contribution in [0.3, 0.4) is 0 Å². The molecule has 1 heteroatoms. The summed E-state index contributed by atoms with van der Waals surface area (Å²) in [5, 5.41) is 1.29. The molecule has 10 heavy (non-hydrogen) atoms. The molecule has 0 aromatic rings. The third kappa shape index (κ3) is 8.53. The lowest BCUT2D eigenvalue weighted by Gasteiger charge is -1.97. The second kappa shape index (κ2) is 9.53. The summed E-state index contributed by atoms with van der Waals surface area (Å²) in [6.07, 6.45) is 9.99. The van der Waals surface area contributed by atoms with E-state index in [0.29, 0.717) is 0 Å². The maximum atomic E-state index is 2.79. The molecule has 0 rings (SSSR count). The summed E-state index contributed by atoms with van der Waals surface area (Å²) in [5.74, 6) is 0. The van der Waals surface area contributed by atoms with E-state index in [9.17, 15) is 0 Å². The van der Waals surface area contributed by atoms with Crippen LogP contribution in [0, 0.1) is 0 Å². The zero-order chi connectivity index (χ0) is 7.66. The van der Waals surface area contributed by atoms with Gasteiger partial charge >= 0.3 is 0 Å². The highest BCUT2D eigenvalue weighted by molar-refractivity contribution is 6.08. The van der Waals surface area contributed by atoms with Crippen LogP contribution in [0.5, 0.6) is 0 Å². The fraction of sp³-hybridized carbons (Fsp3) is 1.00. The van der Waals surface area contributed by atoms with Gasteiger partial charge in [0.1, 0.15) is 16.3 Å². The predicted molar refractivity (Wildman–Crippen MR) is 48.6 cm³/mol. The van der Waals surface area contributed by atoms with Gasteiger partial charge in [0.2, 0.25) is 0 Å². The molecule has 0 aliphatic heterocycles. The first kappa shape index (κ1) is 10.5. The summed E-state index contributed by atoms with van der Waals surface area (Å²) in [6.45, 7) is 2.27. The molecular formula is C9H19Al. The molecule has 0 saturated heterocycles. The topological polar surface area (TPSA) is 0 Å². The highest BCUT2D eigenvalue weighted by Crippen LogP contribution is 2.07. The van der Waals surface area contributed by atoms with Crippen LogP contribution < -0.4 is 0 Å². The van der Waals surface area contributed by atoms with Crippen molar-refractivity contribution in [2.75, 3.05) is 0 Å². The van der Waals surface area contributed by atoms with Gasteiger partial charge in [-0.25, -0.2) is 0 Å². The van der Waals surface area contributed by atoms with E-state index in [0.717, 1.165) is 0 Å². The van der Waals surface area contributed by atoms with Gasteiger partial charge in [-0.05, 0) is 0 Å². The van der Waals surface area contributed by atoms with Crippen LogP contribution in [0.1, 0.15) is 51.9 Å². The van der Waals surface area contributed by atoms with Crippen molar-refractivity contribution in [3.05, 3.63) is 0 Å². The normalized spacial score (nSPS) is 10.1. The maximum Gasteiger partial charge on any atom is 0.118 e. The number of hydrogen-bond donors (Lipinski definition) is 0. The first-order chi connectivity index (χ1) is 4.91. The second-order valence-corrected chi connectivity index (χ2v) is 3.49. The molecule has 0 aromatic heterocycles. The minimum Gasteiger partial charge on any atom is -0.118 e. The molecule has 0 atom stereocenters. The molecule has 0 N–H and O–H groups in total. The van der Waals surface area contributed by atoms with E-state index in [1.54, 1.807) is 0 Å². The van der Waals surface area contributed by atoms with Crippen molar-refractivity contribution < 1.29 is 0 Å². The lowest BCUT2D eigenvalue weighted by Crippen LogP contribution is -1.78. The Hall–Kier alpha value is 0.532. The van der Waals surface area contributed by atoms with Crippen LogP contribution in [0.25, 0.3) is 0 Å². The molecule has 0 amide bonds.